The number of carbonyl (C=O) groups is 2. The molecule has 0 aromatic heterocycles. The molecule has 4 heteroatoms. The summed E-state index contributed by atoms with van der Waals surface area (Å²) in [4.78, 5) is 22.9. The van der Waals surface area contributed by atoms with Crippen molar-refractivity contribution in [2.24, 2.45) is 11.3 Å². The molecular weight excluding hydrogens is 220 g/mol. The minimum absolute atomic E-state index is 0.298. The van der Waals surface area contributed by atoms with E-state index in [1.807, 2.05) is 27.7 Å². The minimum atomic E-state index is -0.605. The summed E-state index contributed by atoms with van der Waals surface area (Å²) >= 11 is 0. The van der Waals surface area contributed by atoms with Crippen molar-refractivity contribution >= 4 is 12.3 Å². The van der Waals surface area contributed by atoms with Crippen molar-refractivity contribution in [1.82, 2.24) is 0 Å². The van der Waals surface area contributed by atoms with E-state index in [1.165, 1.54) is 6.26 Å². The second-order valence-corrected chi connectivity index (χ2v) is 4.74. The van der Waals surface area contributed by atoms with Crippen molar-refractivity contribution in [3.05, 3.63) is 11.8 Å². The molecule has 1 atom stereocenters. The Labute approximate surface area is 103 Å². The van der Waals surface area contributed by atoms with Gasteiger partial charge in [0.1, 0.15) is 6.29 Å². The first-order valence-electron chi connectivity index (χ1n) is 5.81. The van der Waals surface area contributed by atoms with Crippen molar-refractivity contribution in [2.75, 3.05) is 13.2 Å². The monoisotopic (exact) mass is 242 g/mol. The molecule has 17 heavy (non-hydrogen) atoms. The molecule has 0 radical (unpaired) electrons. The summed E-state index contributed by atoms with van der Waals surface area (Å²) in [6, 6.07) is 0. The molecule has 1 unspecified atom stereocenters. The van der Waals surface area contributed by atoms with E-state index < -0.39 is 17.3 Å². The highest BCUT2D eigenvalue weighted by Gasteiger charge is 2.36. The van der Waals surface area contributed by atoms with Crippen molar-refractivity contribution in [3.8, 4) is 0 Å². The third-order valence-electron chi connectivity index (χ3n) is 2.24. The molecular formula is C13H22O4. The highest BCUT2D eigenvalue weighted by Crippen LogP contribution is 2.32. The fourth-order valence-electron chi connectivity index (χ4n) is 1.56. The lowest BCUT2D eigenvalue weighted by molar-refractivity contribution is -0.150. The number of ether oxygens (including phenoxy) is 2. The number of esters is 1. The number of carbonyl (C=O) groups excluding carboxylic acids is 2. The summed E-state index contributed by atoms with van der Waals surface area (Å²) < 4.78 is 10.1. The normalized spacial score (nSPS) is 14.1. The van der Waals surface area contributed by atoms with E-state index in [0.29, 0.717) is 25.1 Å². The van der Waals surface area contributed by atoms with Gasteiger partial charge in [0, 0.05) is 5.57 Å². The van der Waals surface area contributed by atoms with E-state index in [-0.39, 0.29) is 0 Å². The Morgan fingerprint density at radius 1 is 1.24 bits per heavy atom. The van der Waals surface area contributed by atoms with Crippen LogP contribution in [-0.4, -0.2) is 25.5 Å². The van der Waals surface area contributed by atoms with E-state index >= 15 is 0 Å². The highest BCUT2D eigenvalue weighted by molar-refractivity contribution is 5.87. The fourth-order valence-corrected chi connectivity index (χ4v) is 1.56. The summed E-state index contributed by atoms with van der Waals surface area (Å²) in [6.07, 6.45) is 2.00. The van der Waals surface area contributed by atoms with Crippen LogP contribution in [0.25, 0.3) is 0 Å². The van der Waals surface area contributed by atoms with Crippen LogP contribution in [0.3, 0.4) is 0 Å². The molecule has 0 saturated carbocycles. The molecule has 0 rings (SSSR count). The maximum absolute atomic E-state index is 11.9. The molecule has 0 aliphatic heterocycles. The van der Waals surface area contributed by atoms with Crippen LogP contribution in [0, 0.1) is 11.3 Å². The first-order valence-corrected chi connectivity index (χ1v) is 5.81. The predicted octanol–water partition coefficient (Wildman–Crippen LogP) is 2.33. The SMILES string of the molecule is CCOC=C(C=O)C(C(=O)OCC)C(C)(C)C. The molecule has 0 aromatic rings. The summed E-state index contributed by atoms with van der Waals surface area (Å²) in [7, 11) is 0. The number of rotatable bonds is 6. The lowest BCUT2D eigenvalue weighted by Crippen LogP contribution is -2.32. The Kier molecular flexibility index (Phi) is 6.54. The minimum Gasteiger partial charge on any atom is -0.501 e. The van der Waals surface area contributed by atoms with Gasteiger partial charge in [-0.15, -0.1) is 0 Å². The molecule has 0 N–H and O–H groups in total. The van der Waals surface area contributed by atoms with Gasteiger partial charge in [0.2, 0.25) is 0 Å². The second kappa shape index (κ2) is 7.09. The maximum Gasteiger partial charge on any atom is 0.314 e. The van der Waals surface area contributed by atoms with Crippen LogP contribution in [0.5, 0.6) is 0 Å². The number of hydrogen-bond donors (Lipinski definition) is 0. The maximum atomic E-state index is 11.9. The molecule has 0 saturated heterocycles. The number of aldehydes is 1. The Morgan fingerprint density at radius 3 is 2.18 bits per heavy atom. The zero-order valence-corrected chi connectivity index (χ0v) is 11.3. The van der Waals surface area contributed by atoms with E-state index in [2.05, 4.69) is 0 Å². The van der Waals surface area contributed by atoms with Gasteiger partial charge in [-0.05, 0) is 19.3 Å². The third-order valence-corrected chi connectivity index (χ3v) is 2.24. The van der Waals surface area contributed by atoms with Crippen LogP contribution >= 0.6 is 0 Å². The summed E-state index contributed by atoms with van der Waals surface area (Å²) in [6.45, 7) is 9.97. The largest absolute Gasteiger partial charge is 0.501 e. The summed E-state index contributed by atoms with van der Waals surface area (Å²) in [5, 5.41) is 0. The zero-order chi connectivity index (χ0) is 13.5. The lowest BCUT2D eigenvalue weighted by atomic mass is 9.77. The smallest absolute Gasteiger partial charge is 0.314 e. The van der Waals surface area contributed by atoms with Gasteiger partial charge in [0.05, 0.1) is 25.4 Å². The van der Waals surface area contributed by atoms with E-state index in [4.69, 9.17) is 9.47 Å². The van der Waals surface area contributed by atoms with Crippen LogP contribution in [0.2, 0.25) is 0 Å². The molecule has 0 aliphatic rings. The van der Waals surface area contributed by atoms with Gasteiger partial charge >= 0.3 is 5.97 Å². The van der Waals surface area contributed by atoms with Crippen molar-refractivity contribution in [2.45, 2.75) is 34.6 Å². The lowest BCUT2D eigenvalue weighted by Gasteiger charge is -2.28. The molecule has 0 aromatic carbocycles. The Balaban J connectivity index is 5.15. The Bertz CT molecular complexity index is 286. The van der Waals surface area contributed by atoms with E-state index in [1.54, 1.807) is 6.92 Å². The molecule has 98 valence electrons. The Hall–Kier alpha value is -1.32. The molecule has 0 aliphatic carbocycles. The van der Waals surface area contributed by atoms with Crippen LogP contribution in [0.15, 0.2) is 11.8 Å². The summed E-state index contributed by atoms with van der Waals surface area (Å²) in [5.74, 6) is -0.996. The second-order valence-electron chi connectivity index (χ2n) is 4.74. The fraction of sp³-hybridized carbons (Fsp3) is 0.692. The van der Waals surface area contributed by atoms with Gasteiger partial charge in [0.15, 0.2) is 0 Å². The van der Waals surface area contributed by atoms with Crippen molar-refractivity contribution in [1.29, 1.82) is 0 Å². The highest BCUT2D eigenvalue weighted by atomic mass is 16.5. The number of hydrogen-bond acceptors (Lipinski definition) is 4. The van der Waals surface area contributed by atoms with Gasteiger partial charge in [-0.2, -0.15) is 0 Å². The molecule has 0 spiro atoms. The molecule has 0 bridgehead atoms. The first-order chi connectivity index (χ1) is 7.88. The molecule has 0 heterocycles. The van der Waals surface area contributed by atoms with Crippen LogP contribution in [0.4, 0.5) is 0 Å². The average molecular weight is 242 g/mol. The summed E-state index contributed by atoms with van der Waals surface area (Å²) in [5.41, 5.74) is -0.0754. The quantitative estimate of drug-likeness (QED) is 0.310. The van der Waals surface area contributed by atoms with Crippen molar-refractivity contribution < 1.29 is 19.1 Å². The first kappa shape index (κ1) is 15.7. The van der Waals surface area contributed by atoms with Gasteiger partial charge in [0.25, 0.3) is 0 Å². The topological polar surface area (TPSA) is 52.6 Å². The standard InChI is InChI=1S/C13H22O4/c1-6-16-9-10(8-14)11(13(3,4)5)12(15)17-7-2/h8-9,11H,6-7H2,1-5H3. The third kappa shape index (κ3) is 5.02. The zero-order valence-electron chi connectivity index (χ0n) is 11.3. The predicted molar refractivity (Wildman–Crippen MR) is 65.4 cm³/mol. The van der Waals surface area contributed by atoms with Gasteiger partial charge in [-0.25, -0.2) is 0 Å². The van der Waals surface area contributed by atoms with E-state index in [9.17, 15) is 9.59 Å². The van der Waals surface area contributed by atoms with Crippen LogP contribution < -0.4 is 0 Å². The van der Waals surface area contributed by atoms with Crippen LogP contribution in [-0.2, 0) is 19.1 Å². The average Bonchev–Trinajstić information content (AvgIpc) is 2.22. The molecule has 0 amide bonds. The van der Waals surface area contributed by atoms with E-state index in [0.717, 1.165) is 0 Å². The Morgan fingerprint density at radius 2 is 1.82 bits per heavy atom. The molecule has 4 nitrogen and oxygen atoms in total. The van der Waals surface area contributed by atoms with Crippen LogP contribution in [0.1, 0.15) is 34.6 Å². The van der Waals surface area contributed by atoms with Crippen molar-refractivity contribution in [3.63, 3.8) is 0 Å². The van der Waals surface area contributed by atoms with Gasteiger partial charge in [-0.1, -0.05) is 20.8 Å². The van der Waals surface area contributed by atoms with Gasteiger partial charge < -0.3 is 9.47 Å². The molecule has 0 fully saturated rings. The van der Waals surface area contributed by atoms with Gasteiger partial charge in [-0.3, -0.25) is 9.59 Å².